The Kier molecular flexibility index (Phi) is 3.25. The highest BCUT2D eigenvalue weighted by Gasteiger charge is 2.10. The number of hydrogen-bond donors (Lipinski definition) is 3. The summed E-state index contributed by atoms with van der Waals surface area (Å²) in [6.45, 7) is 2.54. The molecule has 0 bridgehead atoms. The molecule has 0 aromatic carbocycles. The van der Waals surface area contributed by atoms with Crippen LogP contribution < -0.4 is 5.73 Å². The second kappa shape index (κ2) is 4.23. The average Bonchev–Trinajstić information content (AvgIpc) is 2.47. The standard InChI is InChI=1S/C8H15N3O/c1-6-5-10-11-8(6)7(12)3-2-4-9/h5,7,12H,2-4,9H2,1H3,(H,10,11). The molecule has 0 spiro atoms. The number of aliphatic hydroxyl groups is 1. The molecule has 1 aromatic rings. The first-order valence-corrected chi connectivity index (χ1v) is 4.13. The SMILES string of the molecule is Cc1cn[nH]c1C(O)CCCN. The fourth-order valence-electron chi connectivity index (χ4n) is 1.15. The van der Waals surface area contributed by atoms with Gasteiger partial charge in [0, 0.05) is 0 Å². The highest BCUT2D eigenvalue weighted by molar-refractivity contribution is 5.16. The lowest BCUT2D eigenvalue weighted by molar-refractivity contribution is 0.160. The predicted octanol–water partition coefficient (Wildman–Crippen LogP) is 0.490. The maximum atomic E-state index is 9.59. The minimum Gasteiger partial charge on any atom is -0.387 e. The minimum atomic E-state index is -0.448. The third-order valence-electron chi connectivity index (χ3n) is 1.88. The van der Waals surface area contributed by atoms with Crippen molar-refractivity contribution in [2.24, 2.45) is 5.73 Å². The molecule has 4 heteroatoms. The van der Waals surface area contributed by atoms with Crippen LogP contribution in [0.4, 0.5) is 0 Å². The number of aryl methyl sites for hydroxylation is 1. The molecule has 4 nitrogen and oxygen atoms in total. The Morgan fingerprint density at radius 3 is 3.00 bits per heavy atom. The van der Waals surface area contributed by atoms with E-state index >= 15 is 0 Å². The van der Waals surface area contributed by atoms with Gasteiger partial charge in [-0.25, -0.2) is 0 Å². The lowest BCUT2D eigenvalue weighted by Gasteiger charge is -2.07. The Morgan fingerprint density at radius 1 is 1.75 bits per heavy atom. The number of rotatable bonds is 4. The summed E-state index contributed by atoms with van der Waals surface area (Å²) in [4.78, 5) is 0. The molecule has 0 fully saturated rings. The summed E-state index contributed by atoms with van der Waals surface area (Å²) in [5, 5.41) is 16.2. The van der Waals surface area contributed by atoms with Crippen LogP contribution in [0.2, 0.25) is 0 Å². The zero-order chi connectivity index (χ0) is 8.97. The van der Waals surface area contributed by atoms with Gasteiger partial charge in [-0.1, -0.05) is 0 Å². The summed E-state index contributed by atoms with van der Waals surface area (Å²) in [5.74, 6) is 0. The minimum absolute atomic E-state index is 0.448. The van der Waals surface area contributed by atoms with Gasteiger partial charge in [0.15, 0.2) is 0 Å². The van der Waals surface area contributed by atoms with E-state index in [0.717, 1.165) is 17.7 Å². The molecular weight excluding hydrogens is 154 g/mol. The number of aromatic amines is 1. The van der Waals surface area contributed by atoms with Gasteiger partial charge in [0.25, 0.3) is 0 Å². The zero-order valence-electron chi connectivity index (χ0n) is 7.25. The van der Waals surface area contributed by atoms with Gasteiger partial charge in [0.1, 0.15) is 0 Å². The first-order chi connectivity index (χ1) is 5.75. The third kappa shape index (κ3) is 2.06. The largest absolute Gasteiger partial charge is 0.387 e. The number of aliphatic hydroxyl groups excluding tert-OH is 1. The van der Waals surface area contributed by atoms with Gasteiger partial charge in [0.05, 0.1) is 18.0 Å². The normalized spacial score (nSPS) is 13.2. The summed E-state index contributed by atoms with van der Waals surface area (Å²) >= 11 is 0. The second-order valence-electron chi connectivity index (χ2n) is 2.91. The maximum Gasteiger partial charge on any atom is 0.0957 e. The van der Waals surface area contributed by atoms with E-state index in [4.69, 9.17) is 5.73 Å². The molecule has 1 rings (SSSR count). The molecule has 0 amide bonds. The zero-order valence-corrected chi connectivity index (χ0v) is 7.25. The number of hydrogen-bond acceptors (Lipinski definition) is 3. The van der Waals surface area contributed by atoms with E-state index in [-0.39, 0.29) is 0 Å². The van der Waals surface area contributed by atoms with Gasteiger partial charge in [-0.3, -0.25) is 5.10 Å². The number of H-pyrrole nitrogens is 1. The van der Waals surface area contributed by atoms with Crippen LogP contribution >= 0.6 is 0 Å². The fraction of sp³-hybridized carbons (Fsp3) is 0.625. The van der Waals surface area contributed by atoms with Crippen LogP contribution in [-0.4, -0.2) is 21.8 Å². The first-order valence-electron chi connectivity index (χ1n) is 4.13. The summed E-state index contributed by atoms with van der Waals surface area (Å²) in [7, 11) is 0. The van der Waals surface area contributed by atoms with E-state index in [2.05, 4.69) is 10.2 Å². The van der Waals surface area contributed by atoms with E-state index in [1.165, 1.54) is 0 Å². The van der Waals surface area contributed by atoms with Crippen molar-refractivity contribution in [1.82, 2.24) is 10.2 Å². The van der Waals surface area contributed by atoms with Crippen molar-refractivity contribution >= 4 is 0 Å². The number of nitrogens with zero attached hydrogens (tertiary/aromatic N) is 1. The molecule has 0 aliphatic rings. The van der Waals surface area contributed by atoms with E-state index in [0.29, 0.717) is 13.0 Å². The molecule has 1 atom stereocenters. The van der Waals surface area contributed by atoms with Crippen LogP contribution in [0.3, 0.4) is 0 Å². The maximum absolute atomic E-state index is 9.59. The number of aromatic nitrogens is 2. The molecule has 0 aliphatic heterocycles. The molecule has 1 aromatic heterocycles. The lowest BCUT2D eigenvalue weighted by atomic mass is 10.1. The van der Waals surface area contributed by atoms with Crippen molar-refractivity contribution in [2.75, 3.05) is 6.54 Å². The highest BCUT2D eigenvalue weighted by atomic mass is 16.3. The van der Waals surface area contributed by atoms with E-state index in [1.54, 1.807) is 6.20 Å². The molecule has 12 heavy (non-hydrogen) atoms. The van der Waals surface area contributed by atoms with Crippen LogP contribution in [0, 0.1) is 6.92 Å². The van der Waals surface area contributed by atoms with E-state index < -0.39 is 6.10 Å². The highest BCUT2D eigenvalue weighted by Crippen LogP contribution is 2.18. The average molecular weight is 169 g/mol. The summed E-state index contributed by atoms with van der Waals surface area (Å²) < 4.78 is 0. The van der Waals surface area contributed by atoms with Crippen LogP contribution in [0.5, 0.6) is 0 Å². The topological polar surface area (TPSA) is 74.9 Å². The Hall–Kier alpha value is -0.870. The molecule has 1 unspecified atom stereocenters. The van der Waals surface area contributed by atoms with Crippen LogP contribution in [0.25, 0.3) is 0 Å². The Bertz CT molecular complexity index is 234. The van der Waals surface area contributed by atoms with Crippen molar-refractivity contribution in [2.45, 2.75) is 25.9 Å². The summed E-state index contributed by atoms with van der Waals surface area (Å²) in [6.07, 6.45) is 2.79. The van der Waals surface area contributed by atoms with Gasteiger partial charge in [0.2, 0.25) is 0 Å². The van der Waals surface area contributed by atoms with Gasteiger partial charge in [-0.05, 0) is 31.9 Å². The van der Waals surface area contributed by atoms with Crippen LogP contribution in [0.1, 0.15) is 30.2 Å². The fourth-order valence-corrected chi connectivity index (χ4v) is 1.15. The predicted molar refractivity (Wildman–Crippen MR) is 46.6 cm³/mol. The van der Waals surface area contributed by atoms with Gasteiger partial charge in [-0.15, -0.1) is 0 Å². The van der Waals surface area contributed by atoms with Gasteiger partial charge < -0.3 is 10.8 Å². The Labute approximate surface area is 71.8 Å². The van der Waals surface area contributed by atoms with Gasteiger partial charge >= 0.3 is 0 Å². The lowest BCUT2D eigenvalue weighted by Crippen LogP contribution is -2.05. The summed E-state index contributed by atoms with van der Waals surface area (Å²) in [6, 6.07) is 0. The quantitative estimate of drug-likeness (QED) is 0.614. The molecular formula is C8H15N3O. The molecule has 0 aliphatic carbocycles. The smallest absolute Gasteiger partial charge is 0.0957 e. The number of nitrogens with one attached hydrogen (secondary N) is 1. The Balaban J connectivity index is 2.52. The van der Waals surface area contributed by atoms with Crippen molar-refractivity contribution in [3.05, 3.63) is 17.5 Å². The van der Waals surface area contributed by atoms with Crippen molar-refractivity contribution in [3.8, 4) is 0 Å². The van der Waals surface area contributed by atoms with E-state index in [9.17, 15) is 5.11 Å². The van der Waals surface area contributed by atoms with Crippen LogP contribution in [0.15, 0.2) is 6.20 Å². The van der Waals surface area contributed by atoms with E-state index in [1.807, 2.05) is 6.92 Å². The van der Waals surface area contributed by atoms with Crippen molar-refractivity contribution in [1.29, 1.82) is 0 Å². The van der Waals surface area contributed by atoms with Crippen molar-refractivity contribution < 1.29 is 5.11 Å². The Morgan fingerprint density at radius 2 is 2.50 bits per heavy atom. The first kappa shape index (κ1) is 9.22. The number of nitrogens with two attached hydrogens (primary N) is 1. The molecule has 0 radical (unpaired) electrons. The molecule has 68 valence electrons. The molecule has 0 saturated carbocycles. The third-order valence-corrected chi connectivity index (χ3v) is 1.88. The summed E-state index contributed by atoms with van der Waals surface area (Å²) in [5.41, 5.74) is 7.14. The molecule has 1 heterocycles. The molecule has 0 saturated heterocycles. The second-order valence-corrected chi connectivity index (χ2v) is 2.91. The van der Waals surface area contributed by atoms with Crippen molar-refractivity contribution in [3.63, 3.8) is 0 Å². The van der Waals surface area contributed by atoms with Gasteiger partial charge in [-0.2, -0.15) is 5.10 Å². The monoisotopic (exact) mass is 169 g/mol. The molecule has 4 N–H and O–H groups in total. The van der Waals surface area contributed by atoms with Crippen LogP contribution in [-0.2, 0) is 0 Å².